The van der Waals surface area contributed by atoms with Gasteiger partial charge in [0.2, 0.25) is 5.95 Å². The van der Waals surface area contributed by atoms with Gasteiger partial charge in [0.05, 0.1) is 5.56 Å². The number of rotatable bonds is 4. The van der Waals surface area contributed by atoms with Crippen molar-refractivity contribution in [1.82, 2.24) is 14.9 Å². The van der Waals surface area contributed by atoms with E-state index < -0.39 is 0 Å². The summed E-state index contributed by atoms with van der Waals surface area (Å²) < 4.78 is 0. The molecule has 2 aliphatic rings. The van der Waals surface area contributed by atoms with E-state index in [1.807, 2.05) is 4.90 Å². The number of amides is 1. The predicted octanol–water partition coefficient (Wildman–Crippen LogP) is 2.63. The van der Waals surface area contributed by atoms with Gasteiger partial charge in [-0.2, -0.15) is 0 Å². The van der Waals surface area contributed by atoms with Gasteiger partial charge in [-0.25, -0.2) is 9.97 Å². The highest BCUT2D eigenvalue weighted by Crippen LogP contribution is 2.24. The third-order valence-corrected chi connectivity index (χ3v) is 5.29. The van der Waals surface area contributed by atoms with E-state index in [4.69, 9.17) is 0 Å². The van der Waals surface area contributed by atoms with Crippen molar-refractivity contribution in [3.63, 3.8) is 0 Å². The minimum absolute atomic E-state index is 0.0172. The van der Waals surface area contributed by atoms with Crippen LogP contribution >= 0.6 is 0 Å². The topological polar surface area (TPSA) is 61.4 Å². The van der Waals surface area contributed by atoms with Crippen LogP contribution in [-0.2, 0) is 0 Å². The molecule has 0 atom stereocenters. The maximum absolute atomic E-state index is 12.7. The first kappa shape index (κ1) is 16.8. The molecule has 0 radical (unpaired) electrons. The summed E-state index contributed by atoms with van der Waals surface area (Å²) in [6, 6.07) is 6.92. The van der Waals surface area contributed by atoms with Gasteiger partial charge in [0.25, 0.3) is 5.91 Å². The molecule has 2 fully saturated rings. The fourth-order valence-electron chi connectivity index (χ4n) is 3.33. The van der Waals surface area contributed by atoms with E-state index >= 15 is 0 Å². The van der Waals surface area contributed by atoms with Crippen LogP contribution in [-0.4, -0.2) is 53.0 Å². The van der Waals surface area contributed by atoms with Crippen molar-refractivity contribution in [2.45, 2.75) is 32.7 Å². The van der Waals surface area contributed by atoms with Crippen molar-refractivity contribution < 1.29 is 4.79 Å². The van der Waals surface area contributed by atoms with Gasteiger partial charge < -0.3 is 15.1 Å². The van der Waals surface area contributed by atoms with Crippen molar-refractivity contribution in [3.8, 4) is 0 Å². The molecule has 1 saturated carbocycles. The molecule has 1 N–H and O–H groups in total. The predicted molar refractivity (Wildman–Crippen MR) is 103 cm³/mol. The highest BCUT2D eigenvalue weighted by Gasteiger charge is 2.25. The fraction of sp³-hybridized carbons (Fsp3) is 0.450. The Morgan fingerprint density at radius 2 is 1.77 bits per heavy atom. The fourth-order valence-corrected chi connectivity index (χ4v) is 3.33. The number of anilines is 2. The van der Waals surface area contributed by atoms with Crippen LogP contribution in [0.3, 0.4) is 0 Å². The van der Waals surface area contributed by atoms with Gasteiger partial charge in [0.15, 0.2) is 0 Å². The minimum Gasteiger partial charge on any atom is -0.368 e. The zero-order valence-corrected chi connectivity index (χ0v) is 15.4. The Labute approximate surface area is 154 Å². The second kappa shape index (κ2) is 6.94. The quantitative estimate of drug-likeness (QED) is 0.917. The second-order valence-electron chi connectivity index (χ2n) is 7.21. The highest BCUT2D eigenvalue weighted by molar-refractivity contribution is 5.93. The Morgan fingerprint density at radius 1 is 1.08 bits per heavy atom. The maximum atomic E-state index is 12.7. The van der Waals surface area contributed by atoms with Crippen LogP contribution in [0.2, 0.25) is 0 Å². The SMILES string of the molecule is Cc1cccc(N2CCN(C(=O)c3cnc(NC4CC4)nc3)CC2)c1C. The first-order chi connectivity index (χ1) is 12.6. The number of hydrogen-bond acceptors (Lipinski definition) is 5. The summed E-state index contributed by atoms with van der Waals surface area (Å²) in [5.41, 5.74) is 4.46. The lowest BCUT2D eigenvalue weighted by molar-refractivity contribution is 0.0746. The van der Waals surface area contributed by atoms with Gasteiger partial charge in [-0.05, 0) is 43.9 Å². The van der Waals surface area contributed by atoms with Crippen LogP contribution in [0.15, 0.2) is 30.6 Å². The molecule has 1 aliphatic heterocycles. The molecule has 0 bridgehead atoms. The van der Waals surface area contributed by atoms with E-state index in [0.29, 0.717) is 30.6 Å². The largest absolute Gasteiger partial charge is 0.368 e. The monoisotopic (exact) mass is 351 g/mol. The lowest BCUT2D eigenvalue weighted by Crippen LogP contribution is -2.49. The summed E-state index contributed by atoms with van der Waals surface area (Å²) in [5, 5.41) is 3.24. The molecule has 26 heavy (non-hydrogen) atoms. The summed E-state index contributed by atoms with van der Waals surface area (Å²) in [5.74, 6) is 0.632. The number of benzene rings is 1. The number of piperazine rings is 1. The summed E-state index contributed by atoms with van der Waals surface area (Å²) in [4.78, 5) is 25.5. The zero-order chi connectivity index (χ0) is 18.1. The molecule has 1 saturated heterocycles. The third-order valence-electron chi connectivity index (χ3n) is 5.29. The van der Waals surface area contributed by atoms with Crippen molar-refractivity contribution in [1.29, 1.82) is 0 Å². The van der Waals surface area contributed by atoms with Gasteiger partial charge in [-0.15, -0.1) is 0 Å². The first-order valence-corrected chi connectivity index (χ1v) is 9.31. The molecule has 4 rings (SSSR count). The third kappa shape index (κ3) is 3.49. The molecule has 6 heteroatoms. The Balaban J connectivity index is 1.37. The number of aryl methyl sites for hydroxylation is 1. The Kier molecular flexibility index (Phi) is 4.49. The number of nitrogens with one attached hydrogen (secondary N) is 1. The molecular weight excluding hydrogens is 326 g/mol. The van der Waals surface area contributed by atoms with Crippen LogP contribution in [0.5, 0.6) is 0 Å². The van der Waals surface area contributed by atoms with E-state index in [2.05, 4.69) is 52.2 Å². The smallest absolute Gasteiger partial charge is 0.257 e. The molecule has 2 aromatic rings. The van der Waals surface area contributed by atoms with E-state index in [-0.39, 0.29) is 5.91 Å². The Bertz CT molecular complexity index is 792. The maximum Gasteiger partial charge on any atom is 0.257 e. The van der Waals surface area contributed by atoms with E-state index in [9.17, 15) is 4.79 Å². The Hall–Kier alpha value is -2.63. The number of nitrogens with zero attached hydrogens (tertiary/aromatic N) is 4. The second-order valence-corrected chi connectivity index (χ2v) is 7.21. The normalized spacial score (nSPS) is 17.3. The summed E-state index contributed by atoms with van der Waals surface area (Å²) >= 11 is 0. The molecular formula is C20H25N5O. The molecule has 136 valence electrons. The van der Waals surface area contributed by atoms with Crippen molar-refractivity contribution in [2.75, 3.05) is 36.4 Å². The van der Waals surface area contributed by atoms with Gasteiger partial charge in [-0.3, -0.25) is 4.79 Å². The molecule has 1 amide bonds. The van der Waals surface area contributed by atoms with Gasteiger partial charge >= 0.3 is 0 Å². The van der Waals surface area contributed by atoms with E-state index in [1.165, 1.54) is 29.7 Å². The lowest BCUT2D eigenvalue weighted by Gasteiger charge is -2.37. The molecule has 6 nitrogen and oxygen atoms in total. The van der Waals surface area contributed by atoms with Crippen LogP contribution < -0.4 is 10.2 Å². The number of carbonyl (C=O) groups excluding carboxylic acids is 1. The van der Waals surface area contributed by atoms with Crippen LogP contribution in [0, 0.1) is 13.8 Å². The highest BCUT2D eigenvalue weighted by atomic mass is 16.2. The standard InChI is InChI=1S/C20H25N5O/c1-14-4-3-5-18(15(14)2)24-8-10-25(11-9-24)19(26)16-12-21-20(22-13-16)23-17-6-7-17/h3-5,12-13,17H,6-11H2,1-2H3,(H,21,22,23). The lowest BCUT2D eigenvalue weighted by atomic mass is 10.1. The number of hydrogen-bond donors (Lipinski definition) is 1. The van der Waals surface area contributed by atoms with Crippen molar-refractivity contribution in [2.24, 2.45) is 0 Å². The van der Waals surface area contributed by atoms with E-state index in [0.717, 1.165) is 13.1 Å². The van der Waals surface area contributed by atoms with Crippen molar-refractivity contribution in [3.05, 3.63) is 47.3 Å². The molecule has 1 aliphatic carbocycles. The minimum atomic E-state index is 0.0172. The molecule has 1 aromatic carbocycles. The number of carbonyl (C=O) groups is 1. The van der Waals surface area contributed by atoms with Gasteiger partial charge in [0, 0.05) is 50.3 Å². The Morgan fingerprint density at radius 3 is 2.42 bits per heavy atom. The molecule has 0 unspecified atom stereocenters. The zero-order valence-electron chi connectivity index (χ0n) is 15.4. The van der Waals surface area contributed by atoms with E-state index in [1.54, 1.807) is 12.4 Å². The van der Waals surface area contributed by atoms with Crippen LogP contribution in [0.4, 0.5) is 11.6 Å². The average molecular weight is 351 g/mol. The van der Waals surface area contributed by atoms with Gasteiger partial charge in [-0.1, -0.05) is 12.1 Å². The first-order valence-electron chi connectivity index (χ1n) is 9.31. The summed E-state index contributed by atoms with van der Waals surface area (Å²) in [6.07, 6.45) is 5.62. The molecule has 2 heterocycles. The van der Waals surface area contributed by atoms with Crippen LogP contribution in [0.25, 0.3) is 0 Å². The summed E-state index contributed by atoms with van der Waals surface area (Å²) in [6.45, 7) is 7.43. The molecule has 1 aromatic heterocycles. The van der Waals surface area contributed by atoms with Crippen molar-refractivity contribution >= 4 is 17.5 Å². The number of aromatic nitrogens is 2. The van der Waals surface area contributed by atoms with Crippen LogP contribution in [0.1, 0.15) is 34.3 Å². The molecule has 0 spiro atoms. The average Bonchev–Trinajstić information content (AvgIpc) is 3.48. The van der Waals surface area contributed by atoms with Gasteiger partial charge in [0.1, 0.15) is 0 Å². The summed E-state index contributed by atoms with van der Waals surface area (Å²) in [7, 11) is 0.